The number of amides is 6. The normalized spacial score (nSPS) is 11.4. The molecule has 0 aliphatic rings. The SMILES string of the molecule is CCC(COCCC(=O)NCCOCCOCCOCCC(N)=O)(COCCC(=O)NCCOCCOCCOCCC(N)=O)COCCC(=O)NCCOCCOCCOCCC(=O)NCCCCCCCC(=O)O. The number of carboxylic acid groups (broad SMARTS) is 1. The second-order valence-corrected chi connectivity index (χ2v) is 17.3. The molecular formula is C50H94N6O20. The van der Waals surface area contributed by atoms with E-state index in [2.05, 4.69) is 21.3 Å². The molecule has 0 heterocycles. The lowest BCUT2D eigenvalue weighted by Crippen LogP contribution is -2.38. The van der Waals surface area contributed by atoms with E-state index in [9.17, 15) is 33.6 Å². The van der Waals surface area contributed by atoms with Gasteiger partial charge in [0.15, 0.2) is 0 Å². The van der Waals surface area contributed by atoms with Crippen LogP contribution in [0.5, 0.6) is 0 Å². The number of nitrogens with one attached hydrogen (secondary N) is 4. The van der Waals surface area contributed by atoms with Crippen molar-refractivity contribution in [2.24, 2.45) is 16.9 Å². The Labute approximate surface area is 449 Å². The van der Waals surface area contributed by atoms with Gasteiger partial charge in [-0.2, -0.15) is 0 Å². The van der Waals surface area contributed by atoms with Crippen molar-refractivity contribution in [3.8, 4) is 0 Å². The van der Waals surface area contributed by atoms with Crippen LogP contribution in [0.3, 0.4) is 0 Å². The third-order valence-electron chi connectivity index (χ3n) is 10.7. The minimum atomic E-state index is -0.772. The molecule has 444 valence electrons. The second kappa shape index (κ2) is 54.2. The second-order valence-electron chi connectivity index (χ2n) is 17.3. The zero-order valence-electron chi connectivity index (χ0n) is 45.4. The summed E-state index contributed by atoms with van der Waals surface area (Å²) in [7, 11) is 0. The van der Waals surface area contributed by atoms with E-state index in [0.29, 0.717) is 138 Å². The molecule has 26 heteroatoms. The lowest BCUT2D eigenvalue weighted by atomic mass is 9.88. The summed E-state index contributed by atoms with van der Waals surface area (Å²) in [4.78, 5) is 81.3. The quantitative estimate of drug-likeness (QED) is 0.0387. The summed E-state index contributed by atoms with van der Waals surface area (Å²) >= 11 is 0. The van der Waals surface area contributed by atoms with Crippen molar-refractivity contribution in [1.82, 2.24) is 21.3 Å². The third kappa shape index (κ3) is 53.2. The van der Waals surface area contributed by atoms with Crippen LogP contribution in [0, 0.1) is 5.41 Å². The van der Waals surface area contributed by atoms with Gasteiger partial charge in [-0.25, -0.2) is 0 Å². The van der Waals surface area contributed by atoms with Gasteiger partial charge in [-0.1, -0.05) is 26.2 Å². The van der Waals surface area contributed by atoms with Crippen LogP contribution in [-0.2, 0) is 90.4 Å². The molecule has 26 nitrogen and oxygen atoms in total. The summed E-state index contributed by atoms with van der Waals surface area (Å²) in [5.74, 6) is -2.31. The highest BCUT2D eigenvalue weighted by molar-refractivity contribution is 5.77. The number of nitrogens with two attached hydrogens (primary N) is 2. The van der Waals surface area contributed by atoms with Crippen LogP contribution >= 0.6 is 0 Å². The number of carbonyl (C=O) groups is 7. The third-order valence-corrected chi connectivity index (χ3v) is 10.7. The van der Waals surface area contributed by atoms with E-state index in [4.69, 9.17) is 73.4 Å². The van der Waals surface area contributed by atoms with Gasteiger partial charge in [-0.3, -0.25) is 33.6 Å². The number of carboxylic acids is 1. The van der Waals surface area contributed by atoms with Crippen molar-refractivity contribution < 1.29 is 95.5 Å². The van der Waals surface area contributed by atoms with Crippen molar-refractivity contribution in [1.29, 1.82) is 0 Å². The first-order valence-corrected chi connectivity index (χ1v) is 26.7. The van der Waals surface area contributed by atoms with Crippen molar-refractivity contribution in [3.05, 3.63) is 0 Å². The van der Waals surface area contributed by atoms with Crippen molar-refractivity contribution >= 4 is 41.4 Å². The summed E-state index contributed by atoms with van der Waals surface area (Å²) in [5, 5.41) is 19.9. The number of primary amides is 2. The van der Waals surface area contributed by atoms with Crippen molar-refractivity contribution in [2.75, 3.05) is 185 Å². The fraction of sp³-hybridized carbons (Fsp3) is 0.860. The van der Waals surface area contributed by atoms with Gasteiger partial charge < -0.3 is 94.7 Å². The number of carbonyl (C=O) groups excluding carboxylic acids is 6. The fourth-order valence-electron chi connectivity index (χ4n) is 6.23. The Balaban J connectivity index is 4.44. The molecule has 0 unspecified atom stereocenters. The van der Waals surface area contributed by atoms with Gasteiger partial charge in [0.2, 0.25) is 35.4 Å². The summed E-state index contributed by atoms with van der Waals surface area (Å²) in [6.07, 6.45) is 6.01. The number of aliphatic carboxylic acids is 1. The lowest BCUT2D eigenvalue weighted by molar-refractivity contribution is -0.137. The van der Waals surface area contributed by atoms with Crippen LogP contribution in [0.15, 0.2) is 0 Å². The highest BCUT2D eigenvalue weighted by Crippen LogP contribution is 2.24. The average Bonchev–Trinajstić information content (AvgIpc) is 3.38. The van der Waals surface area contributed by atoms with Crippen molar-refractivity contribution in [2.45, 2.75) is 90.4 Å². The monoisotopic (exact) mass is 1100 g/mol. The molecule has 9 N–H and O–H groups in total. The van der Waals surface area contributed by atoms with E-state index in [1.54, 1.807) is 0 Å². The first-order chi connectivity index (χ1) is 36.9. The molecule has 0 fully saturated rings. The van der Waals surface area contributed by atoms with Crippen LogP contribution in [-0.4, -0.2) is 231 Å². The maximum Gasteiger partial charge on any atom is 0.303 e. The zero-order valence-corrected chi connectivity index (χ0v) is 45.4. The molecule has 0 bridgehead atoms. The molecule has 0 aromatic carbocycles. The number of rotatable bonds is 60. The van der Waals surface area contributed by atoms with Crippen molar-refractivity contribution in [3.63, 3.8) is 0 Å². The Bertz CT molecular complexity index is 1410. The van der Waals surface area contributed by atoms with Gasteiger partial charge in [0.1, 0.15) is 0 Å². The summed E-state index contributed by atoms with van der Waals surface area (Å²) in [6.45, 7) is 10.4. The van der Waals surface area contributed by atoms with Gasteiger partial charge in [0.05, 0.1) is 159 Å². The Morgan fingerprint density at radius 3 is 0.908 bits per heavy atom. The molecule has 0 rings (SSSR count). The molecule has 0 saturated heterocycles. The van der Waals surface area contributed by atoms with E-state index in [-0.39, 0.29) is 128 Å². The molecule has 0 atom stereocenters. The molecule has 0 aliphatic heterocycles. The lowest BCUT2D eigenvalue weighted by Gasteiger charge is -2.32. The molecule has 76 heavy (non-hydrogen) atoms. The first-order valence-electron chi connectivity index (χ1n) is 26.7. The van der Waals surface area contributed by atoms with Crippen LogP contribution in [0.1, 0.15) is 90.4 Å². The molecule has 0 aromatic rings. The minimum Gasteiger partial charge on any atom is -0.481 e. The summed E-state index contributed by atoms with van der Waals surface area (Å²) < 4.78 is 66.6. The van der Waals surface area contributed by atoms with E-state index in [0.717, 1.165) is 25.7 Å². The molecule has 6 amide bonds. The summed E-state index contributed by atoms with van der Waals surface area (Å²) in [5.41, 5.74) is 9.49. The van der Waals surface area contributed by atoms with E-state index < -0.39 is 23.2 Å². The van der Waals surface area contributed by atoms with Crippen LogP contribution < -0.4 is 32.7 Å². The van der Waals surface area contributed by atoms with Gasteiger partial charge in [-0.05, 0) is 19.3 Å². The maximum absolute atomic E-state index is 12.5. The van der Waals surface area contributed by atoms with E-state index in [1.165, 1.54) is 0 Å². The zero-order chi connectivity index (χ0) is 55.8. The van der Waals surface area contributed by atoms with Crippen LogP contribution in [0.25, 0.3) is 0 Å². The Morgan fingerprint density at radius 1 is 0.329 bits per heavy atom. The maximum atomic E-state index is 12.5. The van der Waals surface area contributed by atoms with Gasteiger partial charge in [-0.15, -0.1) is 0 Å². The number of unbranched alkanes of at least 4 members (excludes halogenated alkanes) is 4. The smallest absolute Gasteiger partial charge is 0.303 e. The van der Waals surface area contributed by atoms with E-state index >= 15 is 0 Å². The highest BCUT2D eigenvalue weighted by Gasteiger charge is 2.30. The number of hydrogen-bond donors (Lipinski definition) is 7. The fourth-order valence-corrected chi connectivity index (χ4v) is 6.23. The largest absolute Gasteiger partial charge is 0.481 e. The Morgan fingerprint density at radius 2 is 0.592 bits per heavy atom. The van der Waals surface area contributed by atoms with Gasteiger partial charge in [0.25, 0.3) is 0 Å². The predicted molar refractivity (Wildman–Crippen MR) is 276 cm³/mol. The summed E-state index contributed by atoms with van der Waals surface area (Å²) in [6, 6.07) is 0. The van der Waals surface area contributed by atoms with Crippen LogP contribution in [0.4, 0.5) is 0 Å². The number of ether oxygens (including phenoxy) is 12. The topological polar surface area (TPSA) is 351 Å². The molecule has 0 radical (unpaired) electrons. The molecule has 0 spiro atoms. The Hall–Kier alpha value is -4.19. The Kier molecular flexibility index (Phi) is 51.2. The minimum absolute atomic E-state index is 0.0758. The van der Waals surface area contributed by atoms with Crippen LogP contribution in [0.2, 0.25) is 0 Å². The highest BCUT2D eigenvalue weighted by atomic mass is 16.6. The first kappa shape index (κ1) is 71.8. The molecule has 0 aromatic heterocycles. The molecule has 0 aliphatic carbocycles. The molecular weight excluding hydrogens is 1000 g/mol. The predicted octanol–water partition coefficient (Wildman–Crippen LogP) is -0.217. The van der Waals surface area contributed by atoms with Gasteiger partial charge in [0, 0.05) is 76.5 Å². The standard InChI is InChI=1S/C50H94N6O20/c1-2-50(40-74-22-12-46(60)54-16-25-68-31-37-71-34-28-65-19-9-43(51)57,41-75-23-13-47(61)55-17-26-69-32-38-72-35-29-66-20-10-44(52)58)42-76-24-14-48(62)56-18-27-70-33-39-73-36-30-67-21-11-45(59)53-15-7-5-3-4-6-8-49(63)64/h2-42H2,1H3,(H2,51,57)(H2,52,58)(H,53,59)(H,54,60)(H,55,61)(H,56,62)(H,63,64). The average molecular weight is 1100 g/mol. The number of hydrogen-bond acceptors (Lipinski definition) is 19. The van der Waals surface area contributed by atoms with E-state index in [1.807, 2.05) is 6.92 Å². The molecule has 0 saturated carbocycles. The van der Waals surface area contributed by atoms with Gasteiger partial charge >= 0.3 is 5.97 Å².